The number of hydrogen-bond donors (Lipinski definition) is 0. The van der Waals surface area contributed by atoms with E-state index < -0.39 is 0 Å². The first kappa shape index (κ1) is 12.8. The van der Waals surface area contributed by atoms with E-state index in [-0.39, 0.29) is 10.6 Å². The Morgan fingerprint density at radius 1 is 1.17 bits per heavy atom. The van der Waals surface area contributed by atoms with Gasteiger partial charge in [0.25, 0.3) is 5.69 Å². The van der Waals surface area contributed by atoms with Crippen LogP contribution in [-0.4, -0.2) is 42.0 Å². The molecule has 5 heteroatoms. The molecule has 1 aliphatic rings. The minimum absolute atomic E-state index is 0.147. The summed E-state index contributed by atoms with van der Waals surface area (Å²) >= 11 is 0. The maximum atomic E-state index is 10.6. The molecular weight excluding hydrogens is 230 g/mol. The molecule has 98 valence electrons. The van der Waals surface area contributed by atoms with Gasteiger partial charge in [0.1, 0.15) is 0 Å². The fourth-order valence-electron chi connectivity index (χ4n) is 2.42. The third-order valence-electron chi connectivity index (χ3n) is 3.69. The van der Waals surface area contributed by atoms with Crippen LogP contribution in [0.3, 0.4) is 0 Å². The van der Waals surface area contributed by atoms with Gasteiger partial charge in [0.2, 0.25) is 0 Å². The van der Waals surface area contributed by atoms with Crippen LogP contribution >= 0.6 is 0 Å². The lowest BCUT2D eigenvalue weighted by Gasteiger charge is -2.43. The lowest BCUT2D eigenvalue weighted by Crippen LogP contribution is -2.55. The predicted molar refractivity (Wildman–Crippen MR) is 72.0 cm³/mol. The van der Waals surface area contributed by atoms with E-state index in [9.17, 15) is 10.1 Å². The number of non-ortho nitro benzene ring substituents is 1. The molecule has 1 aromatic carbocycles. The van der Waals surface area contributed by atoms with Gasteiger partial charge in [-0.3, -0.25) is 15.0 Å². The SMILES string of the molecule is C[C@@H]1CN(C)[C@@H](C)CN1c1ccc([N+](=O)[O-])cc1. The molecule has 0 saturated carbocycles. The third-order valence-corrected chi connectivity index (χ3v) is 3.69. The summed E-state index contributed by atoms with van der Waals surface area (Å²) in [7, 11) is 2.13. The first-order valence-corrected chi connectivity index (χ1v) is 6.20. The minimum Gasteiger partial charge on any atom is -0.366 e. The van der Waals surface area contributed by atoms with Crippen LogP contribution in [0.25, 0.3) is 0 Å². The van der Waals surface area contributed by atoms with Crippen molar-refractivity contribution < 1.29 is 4.92 Å². The maximum Gasteiger partial charge on any atom is 0.269 e. The molecule has 1 aliphatic heterocycles. The van der Waals surface area contributed by atoms with Crippen LogP contribution in [-0.2, 0) is 0 Å². The van der Waals surface area contributed by atoms with E-state index in [1.54, 1.807) is 12.1 Å². The zero-order valence-electron chi connectivity index (χ0n) is 11.0. The van der Waals surface area contributed by atoms with Gasteiger partial charge in [0.05, 0.1) is 4.92 Å². The van der Waals surface area contributed by atoms with Crippen molar-refractivity contribution >= 4 is 11.4 Å². The molecule has 2 rings (SSSR count). The quantitative estimate of drug-likeness (QED) is 0.595. The molecule has 0 N–H and O–H groups in total. The van der Waals surface area contributed by atoms with Crippen LogP contribution in [0, 0.1) is 10.1 Å². The zero-order valence-corrected chi connectivity index (χ0v) is 11.0. The summed E-state index contributed by atoms with van der Waals surface area (Å²) in [5.74, 6) is 0. The second-order valence-corrected chi connectivity index (χ2v) is 5.06. The lowest BCUT2D eigenvalue weighted by atomic mass is 10.1. The predicted octanol–water partition coefficient (Wildman–Crippen LogP) is 2.12. The molecule has 0 radical (unpaired) electrons. The van der Waals surface area contributed by atoms with Gasteiger partial charge >= 0.3 is 0 Å². The number of likely N-dealkylation sites (N-methyl/N-ethyl adjacent to an activating group) is 1. The Hall–Kier alpha value is -1.62. The van der Waals surface area contributed by atoms with E-state index >= 15 is 0 Å². The van der Waals surface area contributed by atoms with Crippen LogP contribution in [0.2, 0.25) is 0 Å². The molecule has 0 unspecified atom stereocenters. The average molecular weight is 249 g/mol. The average Bonchev–Trinajstić information content (AvgIpc) is 2.34. The monoisotopic (exact) mass is 249 g/mol. The van der Waals surface area contributed by atoms with Gasteiger partial charge in [-0.25, -0.2) is 0 Å². The number of nitro groups is 1. The van der Waals surface area contributed by atoms with E-state index in [0.717, 1.165) is 18.8 Å². The molecule has 0 aromatic heterocycles. The summed E-state index contributed by atoms with van der Waals surface area (Å²) in [5.41, 5.74) is 1.21. The molecular formula is C13H19N3O2. The highest BCUT2D eigenvalue weighted by Gasteiger charge is 2.26. The summed E-state index contributed by atoms with van der Waals surface area (Å²) in [6, 6.07) is 7.75. The smallest absolute Gasteiger partial charge is 0.269 e. The lowest BCUT2D eigenvalue weighted by molar-refractivity contribution is -0.384. The van der Waals surface area contributed by atoms with Gasteiger partial charge in [0.15, 0.2) is 0 Å². The van der Waals surface area contributed by atoms with Crippen LogP contribution in [0.1, 0.15) is 13.8 Å². The number of hydrogen-bond acceptors (Lipinski definition) is 4. The van der Waals surface area contributed by atoms with Crippen molar-refractivity contribution in [2.45, 2.75) is 25.9 Å². The van der Waals surface area contributed by atoms with Crippen molar-refractivity contribution in [2.24, 2.45) is 0 Å². The van der Waals surface area contributed by atoms with Crippen molar-refractivity contribution in [2.75, 3.05) is 25.0 Å². The molecule has 0 aliphatic carbocycles. The molecule has 1 aromatic rings. The van der Waals surface area contributed by atoms with Crippen LogP contribution < -0.4 is 4.90 Å². The molecule has 5 nitrogen and oxygen atoms in total. The van der Waals surface area contributed by atoms with Gasteiger partial charge in [-0.15, -0.1) is 0 Å². The zero-order chi connectivity index (χ0) is 13.3. The maximum absolute atomic E-state index is 10.6. The van der Waals surface area contributed by atoms with Crippen molar-refractivity contribution in [1.82, 2.24) is 4.90 Å². The van der Waals surface area contributed by atoms with Crippen LogP contribution in [0.5, 0.6) is 0 Å². The molecule has 1 fully saturated rings. The topological polar surface area (TPSA) is 49.6 Å². The Balaban J connectivity index is 2.18. The van der Waals surface area contributed by atoms with Gasteiger partial charge in [0, 0.05) is 43.0 Å². The fraction of sp³-hybridized carbons (Fsp3) is 0.538. The Kier molecular flexibility index (Phi) is 3.52. The standard InChI is InChI=1S/C13H19N3O2/c1-10-9-15(11(2)8-14(10)3)12-4-6-13(7-5-12)16(17)18/h4-7,10-11H,8-9H2,1-3H3/t10-,11+/m0/s1. The van der Waals surface area contributed by atoms with Gasteiger partial charge in [-0.1, -0.05) is 0 Å². The molecule has 2 atom stereocenters. The minimum atomic E-state index is -0.361. The number of nitro benzene ring substituents is 1. The summed E-state index contributed by atoms with van der Waals surface area (Å²) < 4.78 is 0. The second kappa shape index (κ2) is 4.94. The van der Waals surface area contributed by atoms with Crippen molar-refractivity contribution in [3.05, 3.63) is 34.4 Å². The summed E-state index contributed by atoms with van der Waals surface area (Å²) in [6.07, 6.45) is 0. The first-order chi connectivity index (χ1) is 8.49. The van der Waals surface area contributed by atoms with Crippen molar-refractivity contribution in [3.63, 3.8) is 0 Å². The van der Waals surface area contributed by atoms with E-state index in [1.807, 2.05) is 12.1 Å². The van der Waals surface area contributed by atoms with Gasteiger partial charge < -0.3 is 4.90 Å². The van der Waals surface area contributed by atoms with E-state index in [0.29, 0.717) is 12.1 Å². The number of rotatable bonds is 2. The number of piperazine rings is 1. The highest BCUT2D eigenvalue weighted by atomic mass is 16.6. The molecule has 0 bridgehead atoms. The van der Waals surface area contributed by atoms with Crippen LogP contribution in [0.4, 0.5) is 11.4 Å². The Labute approximate surface area is 107 Å². The Bertz CT molecular complexity index is 432. The second-order valence-electron chi connectivity index (χ2n) is 5.06. The molecule has 0 spiro atoms. The molecule has 1 saturated heterocycles. The normalized spacial score (nSPS) is 25.2. The summed E-state index contributed by atoms with van der Waals surface area (Å²) in [5, 5.41) is 10.6. The first-order valence-electron chi connectivity index (χ1n) is 6.20. The highest BCUT2D eigenvalue weighted by Crippen LogP contribution is 2.24. The van der Waals surface area contributed by atoms with Gasteiger partial charge in [-0.2, -0.15) is 0 Å². The molecule has 0 amide bonds. The Morgan fingerprint density at radius 2 is 1.78 bits per heavy atom. The van der Waals surface area contributed by atoms with Gasteiger partial charge in [-0.05, 0) is 33.0 Å². The number of anilines is 1. The van der Waals surface area contributed by atoms with E-state index in [4.69, 9.17) is 0 Å². The summed E-state index contributed by atoms with van der Waals surface area (Å²) in [4.78, 5) is 14.9. The largest absolute Gasteiger partial charge is 0.366 e. The van der Waals surface area contributed by atoms with E-state index in [2.05, 4.69) is 30.7 Å². The number of nitrogens with zero attached hydrogens (tertiary/aromatic N) is 3. The highest BCUT2D eigenvalue weighted by molar-refractivity contribution is 5.52. The molecule has 1 heterocycles. The third kappa shape index (κ3) is 2.46. The fourth-order valence-corrected chi connectivity index (χ4v) is 2.42. The van der Waals surface area contributed by atoms with Crippen LogP contribution in [0.15, 0.2) is 24.3 Å². The Morgan fingerprint density at radius 3 is 2.33 bits per heavy atom. The van der Waals surface area contributed by atoms with Crippen molar-refractivity contribution in [1.29, 1.82) is 0 Å². The number of benzene rings is 1. The molecule has 18 heavy (non-hydrogen) atoms. The summed E-state index contributed by atoms with van der Waals surface area (Å²) in [6.45, 7) is 6.35. The van der Waals surface area contributed by atoms with E-state index in [1.165, 1.54) is 0 Å². The van der Waals surface area contributed by atoms with Crippen molar-refractivity contribution in [3.8, 4) is 0 Å².